The highest BCUT2D eigenvalue weighted by Gasteiger charge is 2.25. The van der Waals surface area contributed by atoms with Gasteiger partial charge in [0.2, 0.25) is 0 Å². The van der Waals surface area contributed by atoms with Crippen LogP contribution in [-0.2, 0) is 13.0 Å². The van der Waals surface area contributed by atoms with Gasteiger partial charge in [0.1, 0.15) is 0 Å². The van der Waals surface area contributed by atoms with Crippen molar-refractivity contribution in [2.45, 2.75) is 45.7 Å². The number of hydrogen-bond donors (Lipinski definition) is 0. The second-order valence-electron chi connectivity index (χ2n) is 5.95. The SMILES string of the molecule is CCCC1c2ccc(CN(C)C)cc2CCN1CC. The molecule has 2 heteroatoms. The molecule has 1 aromatic carbocycles. The van der Waals surface area contributed by atoms with Crippen LogP contribution in [0, 0.1) is 0 Å². The third kappa shape index (κ3) is 3.37. The molecule has 0 aromatic heterocycles. The third-order valence-electron chi connectivity index (χ3n) is 4.14. The average Bonchev–Trinajstić information content (AvgIpc) is 2.38. The summed E-state index contributed by atoms with van der Waals surface area (Å²) < 4.78 is 0. The smallest absolute Gasteiger partial charge is 0.0350 e. The molecule has 2 rings (SSSR count). The van der Waals surface area contributed by atoms with Crippen LogP contribution < -0.4 is 0 Å². The Morgan fingerprint density at radius 1 is 1.26 bits per heavy atom. The van der Waals surface area contributed by atoms with Crippen LogP contribution in [0.15, 0.2) is 18.2 Å². The van der Waals surface area contributed by atoms with E-state index in [4.69, 9.17) is 0 Å². The molecule has 1 aliphatic rings. The summed E-state index contributed by atoms with van der Waals surface area (Å²) in [5.41, 5.74) is 4.61. The summed E-state index contributed by atoms with van der Waals surface area (Å²) in [7, 11) is 4.27. The zero-order valence-corrected chi connectivity index (χ0v) is 12.9. The maximum Gasteiger partial charge on any atom is 0.0350 e. The molecule has 19 heavy (non-hydrogen) atoms. The highest BCUT2D eigenvalue weighted by Crippen LogP contribution is 2.33. The van der Waals surface area contributed by atoms with Gasteiger partial charge < -0.3 is 4.90 Å². The highest BCUT2D eigenvalue weighted by atomic mass is 15.2. The highest BCUT2D eigenvalue weighted by molar-refractivity contribution is 5.36. The van der Waals surface area contributed by atoms with E-state index in [2.05, 4.69) is 55.9 Å². The normalized spacial score (nSPS) is 19.7. The lowest BCUT2D eigenvalue weighted by Crippen LogP contribution is -2.35. The van der Waals surface area contributed by atoms with Crippen LogP contribution >= 0.6 is 0 Å². The maximum absolute atomic E-state index is 2.64. The number of benzene rings is 1. The quantitative estimate of drug-likeness (QED) is 0.800. The molecule has 1 unspecified atom stereocenters. The van der Waals surface area contributed by atoms with Crippen molar-refractivity contribution >= 4 is 0 Å². The molecule has 2 nitrogen and oxygen atoms in total. The first-order valence-electron chi connectivity index (χ1n) is 7.66. The molecule has 0 bridgehead atoms. The Morgan fingerprint density at radius 3 is 2.68 bits per heavy atom. The van der Waals surface area contributed by atoms with E-state index in [0.29, 0.717) is 6.04 Å². The minimum absolute atomic E-state index is 0.646. The van der Waals surface area contributed by atoms with Gasteiger partial charge in [0, 0.05) is 19.1 Å². The molecule has 1 aliphatic heterocycles. The summed E-state index contributed by atoms with van der Waals surface area (Å²) in [6.07, 6.45) is 3.76. The molecule has 1 heterocycles. The molecular weight excluding hydrogens is 232 g/mol. The van der Waals surface area contributed by atoms with Crippen LogP contribution in [0.1, 0.15) is 49.4 Å². The second-order valence-corrected chi connectivity index (χ2v) is 5.95. The minimum Gasteiger partial charge on any atom is -0.305 e. The predicted molar refractivity (Wildman–Crippen MR) is 82.4 cm³/mol. The number of fused-ring (bicyclic) bond motifs is 1. The predicted octanol–water partition coefficient (Wildman–Crippen LogP) is 3.47. The van der Waals surface area contributed by atoms with Crippen LogP contribution in [0.25, 0.3) is 0 Å². The topological polar surface area (TPSA) is 6.48 Å². The first kappa shape index (κ1) is 14.5. The lowest BCUT2D eigenvalue weighted by Gasteiger charge is -2.37. The Morgan fingerprint density at radius 2 is 2.05 bits per heavy atom. The summed E-state index contributed by atoms with van der Waals surface area (Å²) in [5.74, 6) is 0. The van der Waals surface area contributed by atoms with Crippen LogP contribution in [-0.4, -0.2) is 37.0 Å². The van der Waals surface area contributed by atoms with Crippen molar-refractivity contribution in [3.8, 4) is 0 Å². The van der Waals surface area contributed by atoms with Gasteiger partial charge in [-0.2, -0.15) is 0 Å². The van der Waals surface area contributed by atoms with Gasteiger partial charge >= 0.3 is 0 Å². The van der Waals surface area contributed by atoms with Gasteiger partial charge in [-0.15, -0.1) is 0 Å². The summed E-state index contributed by atoms with van der Waals surface area (Å²) in [5, 5.41) is 0. The summed E-state index contributed by atoms with van der Waals surface area (Å²) >= 11 is 0. The lowest BCUT2D eigenvalue weighted by molar-refractivity contribution is 0.184. The molecular formula is C17H28N2. The van der Waals surface area contributed by atoms with Crippen LogP contribution in [0.4, 0.5) is 0 Å². The fraction of sp³-hybridized carbons (Fsp3) is 0.647. The van der Waals surface area contributed by atoms with E-state index >= 15 is 0 Å². The largest absolute Gasteiger partial charge is 0.305 e. The van der Waals surface area contributed by atoms with Gasteiger partial charge in [0.15, 0.2) is 0 Å². The molecule has 0 radical (unpaired) electrons. The van der Waals surface area contributed by atoms with Crippen molar-refractivity contribution in [2.24, 2.45) is 0 Å². The van der Waals surface area contributed by atoms with E-state index in [1.54, 1.807) is 11.1 Å². The Hall–Kier alpha value is -0.860. The standard InChI is InChI=1S/C17H28N2/c1-5-7-17-16-9-8-14(13-18(3)4)12-15(16)10-11-19(17)6-2/h8-9,12,17H,5-7,10-11,13H2,1-4H3. The Labute approximate surface area is 118 Å². The van der Waals surface area contributed by atoms with Crippen LogP contribution in [0.3, 0.4) is 0 Å². The van der Waals surface area contributed by atoms with Gasteiger partial charge in [0.25, 0.3) is 0 Å². The van der Waals surface area contributed by atoms with Gasteiger partial charge in [-0.1, -0.05) is 38.5 Å². The monoisotopic (exact) mass is 260 g/mol. The van der Waals surface area contributed by atoms with Gasteiger partial charge in [-0.25, -0.2) is 0 Å². The Bertz CT molecular complexity index is 412. The van der Waals surface area contributed by atoms with Crippen LogP contribution in [0.2, 0.25) is 0 Å². The van der Waals surface area contributed by atoms with Gasteiger partial charge in [0.05, 0.1) is 0 Å². The van der Waals surface area contributed by atoms with Gasteiger partial charge in [-0.05, 0) is 50.2 Å². The zero-order chi connectivity index (χ0) is 13.8. The summed E-state index contributed by atoms with van der Waals surface area (Å²) in [6, 6.07) is 7.79. The molecule has 0 saturated heterocycles. The molecule has 1 aromatic rings. The number of likely N-dealkylation sites (N-methyl/N-ethyl adjacent to an activating group) is 1. The summed E-state index contributed by atoms with van der Waals surface area (Å²) in [4.78, 5) is 4.88. The van der Waals surface area contributed by atoms with E-state index in [-0.39, 0.29) is 0 Å². The van der Waals surface area contributed by atoms with Crippen LogP contribution in [0.5, 0.6) is 0 Å². The first-order chi connectivity index (χ1) is 9.15. The Kier molecular flexibility index (Phi) is 5.00. The molecule has 0 saturated carbocycles. The molecule has 0 spiro atoms. The van der Waals surface area contributed by atoms with Crippen molar-refractivity contribution in [1.82, 2.24) is 9.80 Å². The molecule has 106 valence electrons. The lowest BCUT2D eigenvalue weighted by atomic mass is 9.89. The number of hydrogen-bond acceptors (Lipinski definition) is 2. The first-order valence-corrected chi connectivity index (χ1v) is 7.66. The molecule has 0 N–H and O–H groups in total. The number of nitrogens with zero attached hydrogens (tertiary/aromatic N) is 2. The van der Waals surface area contributed by atoms with E-state index in [1.165, 1.54) is 37.9 Å². The fourth-order valence-corrected chi connectivity index (χ4v) is 3.27. The molecule has 0 fully saturated rings. The Balaban J connectivity index is 2.25. The fourth-order valence-electron chi connectivity index (χ4n) is 3.27. The maximum atomic E-state index is 2.64. The van der Waals surface area contributed by atoms with Crippen molar-refractivity contribution in [1.29, 1.82) is 0 Å². The average molecular weight is 260 g/mol. The summed E-state index contributed by atoms with van der Waals surface area (Å²) in [6.45, 7) is 8.02. The third-order valence-corrected chi connectivity index (χ3v) is 4.14. The van der Waals surface area contributed by atoms with Crippen molar-refractivity contribution in [3.05, 3.63) is 34.9 Å². The van der Waals surface area contributed by atoms with Crippen molar-refractivity contribution in [2.75, 3.05) is 27.2 Å². The van der Waals surface area contributed by atoms with E-state index < -0.39 is 0 Å². The zero-order valence-electron chi connectivity index (χ0n) is 12.9. The minimum atomic E-state index is 0.646. The molecule has 0 amide bonds. The van der Waals surface area contributed by atoms with Crippen molar-refractivity contribution < 1.29 is 0 Å². The van der Waals surface area contributed by atoms with E-state index in [1.807, 2.05) is 0 Å². The molecule has 0 aliphatic carbocycles. The number of rotatable bonds is 5. The van der Waals surface area contributed by atoms with Crippen molar-refractivity contribution in [3.63, 3.8) is 0 Å². The van der Waals surface area contributed by atoms with E-state index in [0.717, 1.165) is 6.54 Å². The second kappa shape index (κ2) is 6.53. The van der Waals surface area contributed by atoms with Gasteiger partial charge in [-0.3, -0.25) is 4.90 Å². The van der Waals surface area contributed by atoms with E-state index in [9.17, 15) is 0 Å². The molecule has 1 atom stereocenters.